The van der Waals surface area contributed by atoms with Crippen molar-refractivity contribution in [1.82, 2.24) is 9.47 Å². The first-order valence-electron chi connectivity index (χ1n) is 13.0. The van der Waals surface area contributed by atoms with Crippen LogP contribution in [0.25, 0.3) is 21.7 Å². The lowest BCUT2D eigenvalue weighted by molar-refractivity contribution is 0.0644. The van der Waals surface area contributed by atoms with Crippen molar-refractivity contribution >= 4 is 47.1 Å². The highest BCUT2D eigenvalue weighted by Crippen LogP contribution is 2.45. The molecule has 1 aliphatic heterocycles. The number of fused-ring (bicyclic) bond motifs is 3. The monoisotopic (exact) mass is 660 g/mol. The van der Waals surface area contributed by atoms with Crippen molar-refractivity contribution in [1.29, 1.82) is 0 Å². The lowest BCUT2D eigenvalue weighted by Crippen LogP contribution is -2.43. The highest BCUT2D eigenvalue weighted by atomic mass is 35.7. The summed E-state index contributed by atoms with van der Waals surface area (Å²) in [4.78, 5) is 16.5. The molecule has 14 heteroatoms. The van der Waals surface area contributed by atoms with Gasteiger partial charge in [-0.3, -0.25) is 8.98 Å². The van der Waals surface area contributed by atoms with E-state index in [0.29, 0.717) is 30.2 Å². The molecule has 2 aromatic heterocycles. The maximum Gasteiger partial charge on any atom is 0.270 e. The van der Waals surface area contributed by atoms with Crippen LogP contribution in [0.1, 0.15) is 43.2 Å². The average molecular weight is 661 g/mol. The first-order valence-corrected chi connectivity index (χ1v) is 18.5. The van der Waals surface area contributed by atoms with Gasteiger partial charge in [0.2, 0.25) is 9.05 Å². The fourth-order valence-electron chi connectivity index (χ4n) is 4.33. The Labute approximate surface area is 256 Å². The third-order valence-corrected chi connectivity index (χ3v) is 8.00. The number of methoxy groups -OCH3 is 1. The lowest BCUT2D eigenvalue weighted by Gasteiger charge is -2.32. The van der Waals surface area contributed by atoms with Crippen LogP contribution in [0.3, 0.4) is 0 Å². The number of hydrogen-bond donors (Lipinski definition) is 0. The SMILES string of the molecule is COc1cc2c(cc1OCCCOS(C)(=O)=O)-c1c(-c3cccs3)cc(C(=O)N(C)C(C)(C)C)n1CC2.CS(=O)(=O)Cl. The summed E-state index contributed by atoms with van der Waals surface area (Å²) in [6.07, 6.45) is 3.11. The molecule has 0 atom stereocenters. The van der Waals surface area contributed by atoms with Gasteiger partial charge in [0, 0.05) is 52.2 Å². The van der Waals surface area contributed by atoms with Crippen molar-refractivity contribution in [2.24, 2.45) is 0 Å². The summed E-state index contributed by atoms with van der Waals surface area (Å²) < 4.78 is 59.8. The van der Waals surface area contributed by atoms with Gasteiger partial charge in [-0.1, -0.05) is 6.07 Å². The van der Waals surface area contributed by atoms with Crippen molar-refractivity contribution in [3.8, 4) is 33.2 Å². The summed E-state index contributed by atoms with van der Waals surface area (Å²) in [5.74, 6) is 1.16. The minimum atomic E-state index is -3.49. The third-order valence-electron chi connectivity index (χ3n) is 6.51. The van der Waals surface area contributed by atoms with E-state index in [9.17, 15) is 21.6 Å². The van der Waals surface area contributed by atoms with Gasteiger partial charge in [0.25, 0.3) is 16.0 Å². The van der Waals surface area contributed by atoms with Crippen LogP contribution in [0.4, 0.5) is 0 Å². The van der Waals surface area contributed by atoms with Crippen LogP contribution in [0.15, 0.2) is 35.7 Å². The second-order valence-electron chi connectivity index (χ2n) is 10.8. The van der Waals surface area contributed by atoms with Crippen molar-refractivity contribution in [3.63, 3.8) is 0 Å². The second-order valence-corrected chi connectivity index (χ2v) is 16.4. The number of halogens is 1. The lowest BCUT2D eigenvalue weighted by atomic mass is 9.95. The number of amides is 1. The standard InChI is InChI=1S/C27H34N2O6S2.CH3ClO2S/c1-27(2,3)28(4)26(30)21-16-20(24-9-7-14-36-24)25-19-17-23(34-12-8-13-35-37(6,31)32)22(33-5)15-18(19)10-11-29(21)25;1-5(2,3)4/h7,9,14-17H,8,10-13H2,1-6H3;1H3. The number of hydrogen-bond acceptors (Lipinski definition) is 9. The van der Waals surface area contributed by atoms with Gasteiger partial charge in [-0.15, -0.1) is 11.3 Å². The molecule has 0 saturated carbocycles. The summed E-state index contributed by atoms with van der Waals surface area (Å²) in [7, 11) is 1.26. The number of carbonyl (C=O) groups excluding carboxylic acids is 1. The Morgan fingerprint density at radius 2 is 1.74 bits per heavy atom. The number of rotatable bonds is 9. The maximum absolute atomic E-state index is 13.6. The van der Waals surface area contributed by atoms with Gasteiger partial charge in [0.15, 0.2) is 11.5 Å². The number of thiophene rings is 1. The number of carbonyl (C=O) groups is 1. The zero-order valence-corrected chi connectivity index (χ0v) is 28.0. The number of benzene rings is 1. The van der Waals surface area contributed by atoms with Gasteiger partial charge in [-0.05, 0) is 62.4 Å². The third kappa shape index (κ3) is 8.96. The van der Waals surface area contributed by atoms with Crippen LogP contribution in [0, 0.1) is 0 Å². The van der Waals surface area contributed by atoms with Crippen LogP contribution in [0.5, 0.6) is 11.5 Å². The molecule has 4 rings (SSSR count). The molecule has 232 valence electrons. The molecule has 42 heavy (non-hydrogen) atoms. The smallest absolute Gasteiger partial charge is 0.270 e. The van der Waals surface area contributed by atoms with Crippen LogP contribution >= 0.6 is 22.0 Å². The molecule has 0 fully saturated rings. The van der Waals surface area contributed by atoms with Gasteiger partial charge in [0.1, 0.15) is 5.69 Å². The minimum absolute atomic E-state index is 0.0177. The molecule has 0 saturated heterocycles. The Morgan fingerprint density at radius 3 is 2.29 bits per heavy atom. The Bertz CT molecular complexity index is 1620. The van der Waals surface area contributed by atoms with Crippen LogP contribution in [-0.2, 0) is 36.3 Å². The highest BCUT2D eigenvalue weighted by Gasteiger charge is 2.32. The fourth-order valence-corrected chi connectivity index (χ4v) is 5.49. The van der Waals surface area contributed by atoms with Crippen molar-refractivity contribution in [3.05, 3.63) is 47.0 Å². The summed E-state index contributed by atoms with van der Waals surface area (Å²) in [5, 5.41) is 2.03. The molecule has 0 spiro atoms. The topological polar surface area (TPSA) is 121 Å². The molecular formula is C28H37ClN2O8S3. The minimum Gasteiger partial charge on any atom is -0.493 e. The normalized spacial score (nSPS) is 13.0. The second kappa shape index (κ2) is 13.4. The molecule has 1 aliphatic rings. The molecule has 0 bridgehead atoms. The molecule has 3 aromatic rings. The maximum atomic E-state index is 13.6. The van der Waals surface area contributed by atoms with Crippen molar-refractivity contribution in [2.75, 3.05) is 39.9 Å². The summed E-state index contributed by atoms with van der Waals surface area (Å²) >= 11 is 1.64. The molecule has 0 aliphatic carbocycles. The Hall–Kier alpha value is -2.58. The molecule has 10 nitrogen and oxygen atoms in total. The van der Waals surface area contributed by atoms with E-state index in [1.54, 1.807) is 23.3 Å². The van der Waals surface area contributed by atoms with Gasteiger partial charge in [0.05, 0.1) is 38.5 Å². The van der Waals surface area contributed by atoms with E-state index in [2.05, 4.69) is 21.3 Å². The molecule has 0 unspecified atom stereocenters. The fraction of sp³-hybridized carbons (Fsp3) is 0.464. The average Bonchev–Trinajstić information content (AvgIpc) is 3.53. The van der Waals surface area contributed by atoms with E-state index in [1.807, 2.05) is 57.5 Å². The first-order chi connectivity index (χ1) is 19.4. The van der Waals surface area contributed by atoms with E-state index >= 15 is 0 Å². The van der Waals surface area contributed by atoms with Gasteiger partial charge in [-0.25, -0.2) is 8.42 Å². The zero-order valence-electron chi connectivity index (χ0n) is 24.8. The van der Waals surface area contributed by atoms with Crippen LogP contribution in [-0.4, -0.2) is 77.6 Å². The molecular weight excluding hydrogens is 624 g/mol. The zero-order chi connectivity index (χ0) is 31.5. The first kappa shape index (κ1) is 33.9. The summed E-state index contributed by atoms with van der Waals surface area (Å²) in [6, 6.07) is 10.1. The number of aromatic nitrogens is 1. The van der Waals surface area contributed by atoms with E-state index in [-0.39, 0.29) is 24.7 Å². The van der Waals surface area contributed by atoms with Gasteiger partial charge >= 0.3 is 0 Å². The predicted molar refractivity (Wildman–Crippen MR) is 167 cm³/mol. The predicted octanol–water partition coefficient (Wildman–Crippen LogP) is 5.25. The number of aryl methyl sites for hydroxylation is 1. The Balaban J connectivity index is 0.000000892. The Morgan fingerprint density at radius 1 is 1.07 bits per heavy atom. The molecule has 3 heterocycles. The largest absolute Gasteiger partial charge is 0.493 e. The highest BCUT2D eigenvalue weighted by molar-refractivity contribution is 8.13. The molecule has 0 N–H and O–H groups in total. The molecule has 1 amide bonds. The van der Waals surface area contributed by atoms with E-state index in [0.717, 1.165) is 46.2 Å². The Kier molecular flexibility index (Phi) is 10.8. The number of ether oxygens (including phenoxy) is 2. The van der Waals surface area contributed by atoms with Crippen molar-refractivity contribution < 1.29 is 35.3 Å². The van der Waals surface area contributed by atoms with E-state index in [1.165, 1.54) is 0 Å². The van der Waals surface area contributed by atoms with E-state index < -0.39 is 19.2 Å². The molecule has 0 radical (unpaired) electrons. The van der Waals surface area contributed by atoms with Crippen LogP contribution in [0.2, 0.25) is 0 Å². The van der Waals surface area contributed by atoms with Crippen molar-refractivity contribution in [2.45, 2.75) is 45.7 Å². The number of nitrogens with zero attached hydrogens (tertiary/aromatic N) is 2. The van der Waals surface area contributed by atoms with Gasteiger partial charge < -0.3 is 18.9 Å². The molecule has 1 aromatic carbocycles. The van der Waals surface area contributed by atoms with Gasteiger partial charge in [-0.2, -0.15) is 8.42 Å². The summed E-state index contributed by atoms with van der Waals surface area (Å²) in [5.41, 5.74) is 4.47. The summed E-state index contributed by atoms with van der Waals surface area (Å²) in [6.45, 7) is 7.07. The van der Waals surface area contributed by atoms with Crippen LogP contribution < -0.4 is 9.47 Å². The van der Waals surface area contributed by atoms with E-state index in [4.69, 9.17) is 13.7 Å². The quantitative estimate of drug-likeness (QED) is 0.173.